The van der Waals surface area contributed by atoms with Crippen LogP contribution in [0.1, 0.15) is 71.7 Å². The lowest BCUT2D eigenvalue weighted by atomic mass is 10.0. The van der Waals surface area contributed by atoms with Crippen molar-refractivity contribution >= 4 is 78.8 Å². The lowest BCUT2D eigenvalue weighted by Crippen LogP contribution is -2.51. The predicted octanol–water partition coefficient (Wildman–Crippen LogP) is 8.42. The molecule has 2 aliphatic heterocycles. The average Bonchev–Trinajstić information content (AvgIpc) is 4.10. The summed E-state index contributed by atoms with van der Waals surface area (Å²) in [4.78, 5) is 64.8. The molecule has 2 aromatic carbocycles. The summed E-state index contributed by atoms with van der Waals surface area (Å²) in [5, 5.41) is 9.31. The Balaban J connectivity index is 0.000000371. The van der Waals surface area contributed by atoms with Gasteiger partial charge in [-0.15, -0.1) is 22.7 Å². The Bertz CT molecular complexity index is 2250. The summed E-state index contributed by atoms with van der Waals surface area (Å²) >= 11 is 3.48. The lowest BCUT2D eigenvalue weighted by Gasteiger charge is -2.29. The highest BCUT2D eigenvalue weighted by atomic mass is 32.1. The number of aldehydes is 1. The van der Waals surface area contributed by atoms with Gasteiger partial charge in [0.15, 0.2) is 0 Å². The molecule has 6 aromatic rings. The second-order valence-electron chi connectivity index (χ2n) is 14.8. The molecular formula is C44H60N8O6S2. The molecule has 2 saturated heterocycles. The number of alkyl carbamates (subject to hydrolysis) is 1. The van der Waals surface area contributed by atoms with E-state index in [1.54, 1.807) is 43.2 Å². The van der Waals surface area contributed by atoms with Crippen LogP contribution in [0.15, 0.2) is 53.5 Å². The lowest BCUT2D eigenvalue weighted by molar-refractivity contribution is -0.135. The molecule has 0 aliphatic carbocycles. The Labute approximate surface area is 360 Å². The van der Waals surface area contributed by atoms with E-state index in [2.05, 4.69) is 91.1 Å². The van der Waals surface area contributed by atoms with Gasteiger partial charge in [0, 0.05) is 53.8 Å². The molecule has 2 fully saturated rings. The van der Waals surface area contributed by atoms with Crippen molar-refractivity contribution in [1.29, 1.82) is 0 Å². The minimum Gasteiger partial charge on any atom is -0.453 e. The number of hydrogen-bond acceptors (Lipinski definition) is 11. The zero-order valence-corrected chi connectivity index (χ0v) is 37.6. The molecule has 6 heterocycles. The van der Waals surface area contributed by atoms with Crippen molar-refractivity contribution in [3.63, 3.8) is 0 Å². The number of H-pyrrole nitrogens is 2. The van der Waals surface area contributed by atoms with Crippen LogP contribution in [0.25, 0.3) is 53.7 Å². The molecule has 0 radical (unpaired) electrons. The number of benzene rings is 2. The van der Waals surface area contributed by atoms with E-state index in [4.69, 9.17) is 9.72 Å². The molecule has 8 rings (SSSR count). The van der Waals surface area contributed by atoms with Crippen molar-refractivity contribution in [2.75, 3.05) is 54.6 Å². The molecule has 0 spiro atoms. The Morgan fingerprint density at radius 2 is 1.50 bits per heavy atom. The van der Waals surface area contributed by atoms with Gasteiger partial charge >= 0.3 is 6.09 Å². The van der Waals surface area contributed by atoms with Crippen LogP contribution in [0.4, 0.5) is 4.79 Å². The Kier molecular flexibility index (Phi) is 19.2. The molecule has 60 heavy (non-hydrogen) atoms. The van der Waals surface area contributed by atoms with Crippen molar-refractivity contribution in [1.82, 2.24) is 40.4 Å². The molecule has 0 saturated carbocycles. The van der Waals surface area contributed by atoms with E-state index in [1.807, 2.05) is 30.9 Å². The van der Waals surface area contributed by atoms with Crippen LogP contribution in [0.5, 0.6) is 0 Å². The number of carbonyl (C=O) groups excluding carboxylic acids is 4. The van der Waals surface area contributed by atoms with Gasteiger partial charge in [-0.05, 0) is 63.9 Å². The first kappa shape index (κ1) is 47.5. The quantitative estimate of drug-likeness (QED) is 0.0822. The number of carbonyl (C=O) groups is 4. The number of hydrogen-bond donors (Lipinski definition) is 4. The zero-order valence-electron chi connectivity index (χ0n) is 36.0. The molecule has 14 nitrogen and oxygen atoms in total. The molecule has 0 bridgehead atoms. The number of para-hydroxylation sites is 2. The van der Waals surface area contributed by atoms with E-state index >= 15 is 0 Å². The summed E-state index contributed by atoms with van der Waals surface area (Å²) in [5.74, 6) is 0.570. The maximum Gasteiger partial charge on any atom is 0.407 e. The molecule has 16 heteroatoms. The number of aromatic amines is 2. The third-order valence-electron chi connectivity index (χ3n) is 9.70. The molecule has 4 aromatic heterocycles. The number of nitrogens with zero attached hydrogens (tertiary/aromatic N) is 4. The zero-order chi connectivity index (χ0) is 43.6. The van der Waals surface area contributed by atoms with Crippen molar-refractivity contribution in [3.05, 3.63) is 59.3 Å². The molecule has 2 aliphatic rings. The van der Waals surface area contributed by atoms with Crippen LogP contribution >= 0.6 is 22.7 Å². The summed E-state index contributed by atoms with van der Waals surface area (Å²) in [6.45, 7) is 11.5. The smallest absolute Gasteiger partial charge is 0.407 e. The van der Waals surface area contributed by atoms with Crippen LogP contribution in [0.2, 0.25) is 0 Å². The average molecular weight is 861 g/mol. The first-order valence-electron chi connectivity index (χ1n) is 20.3. The standard InChI is InChI=1S/C31H30N6O3S2.C5H11N.C3H5NO2.C3H8.C2H6O/c1-16(2)24(36-31(39)40-3)30(38)37-12-6-11-23(37)29-34-22-10-5-8-18(26(22)35-29)20-14-42-27-19(13-41-28(20)27)17-7-4-9-21-25(17)33-15-32-21;1-6-4-2-3-5-6;5-2-1-4-3-6;2*1-3-2/h4-5,7-10,13-16,23-24H,6,11-12H2,1-3H3,(H,32,33)(H,34,35)(H,36,39);2-5H2,1H3;2-3H,1H2,(H,4,6);3H2,1-2H3;1-2H3. The fourth-order valence-electron chi connectivity index (χ4n) is 6.97. The Morgan fingerprint density at radius 3 is 2.02 bits per heavy atom. The van der Waals surface area contributed by atoms with Crippen molar-refractivity contribution in [3.8, 4) is 22.3 Å². The van der Waals surface area contributed by atoms with Gasteiger partial charge in [-0.2, -0.15) is 0 Å². The van der Waals surface area contributed by atoms with Gasteiger partial charge in [0.1, 0.15) is 18.2 Å². The number of fused-ring (bicyclic) bond motifs is 3. The van der Waals surface area contributed by atoms with Crippen LogP contribution in [0.3, 0.4) is 0 Å². The highest BCUT2D eigenvalue weighted by molar-refractivity contribution is 7.27. The van der Waals surface area contributed by atoms with E-state index in [0.29, 0.717) is 19.2 Å². The van der Waals surface area contributed by atoms with Gasteiger partial charge in [-0.25, -0.2) is 14.8 Å². The monoisotopic (exact) mass is 860 g/mol. The highest BCUT2D eigenvalue weighted by Crippen LogP contribution is 2.46. The van der Waals surface area contributed by atoms with E-state index in [1.165, 1.54) is 54.4 Å². The van der Waals surface area contributed by atoms with Crippen molar-refractivity contribution < 1.29 is 28.7 Å². The van der Waals surface area contributed by atoms with Gasteiger partial charge in [0.25, 0.3) is 0 Å². The number of aromatic nitrogens is 4. The van der Waals surface area contributed by atoms with Gasteiger partial charge in [-0.3, -0.25) is 9.59 Å². The van der Waals surface area contributed by atoms with Crippen molar-refractivity contribution in [2.24, 2.45) is 5.92 Å². The summed E-state index contributed by atoms with van der Waals surface area (Å²) in [5.41, 5.74) is 8.37. The molecule has 2 atom stereocenters. The second kappa shape index (κ2) is 24.2. The maximum atomic E-state index is 13.6. The summed E-state index contributed by atoms with van der Waals surface area (Å²) in [7, 11) is 6.73. The minimum absolute atomic E-state index is 0.0863. The van der Waals surface area contributed by atoms with Gasteiger partial charge < -0.3 is 44.7 Å². The van der Waals surface area contributed by atoms with E-state index in [-0.39, 0.29) is 24.4 Å². The number of rotatable bonds is 9. The number of imidazole rings is 2. The SMILES string of the molecule is CCC.CN1CCCC1.COC.COC(=O)NC(C(=O)N1CCCC1c1nc2c(-c3csc4c(-c5cccc6[nH]cnc56)csc34)cccc2[nH]1)C(C)C.O=CCNC=O. The Hall–Kier alpha value is -5.16. The number of amides is 3. The van der Waals surface area contributed by atoms with Gasteiger partial charge in [-0.1, -0.05) is 58.4 Å². The Morgan fingerprint density at radius 1 is 0.900 bits per heavy atom. The van der Waals surface area contributed by atoms with Crippen LogP contribution < -0.4 is 10.6 Å². The molecule has 4 N–H and O–H groups in total. The van der Waals surface area contributed by atoms with Crippen LogP contribution in [-0.2, 0) is 23.9 Å². The van der Waals surface area contributed by atoms with Crippen molar-refractivity contribution in [2.45, 2.75) is 71.9 Å². The first-order chi connectivity index (χ1) is 29.1. The largest absolute Gasteiger partial charge is 0.453 e. The third-order valence-corrected chi connectivity index (χ3v) is 11.9. The minimum atomic E-state index is -0.669. The van der Waals surface area contributed by atoms with E-state index < -0.39 is 12.1 Å². The number of ether oxygens (including phenoxy) is 2. The molecular weight excluding hydrogens is 801 g/mol. The third kappa shape index (κ3) is 12.0. The van der Waals surface area contributed by atoms with Gasteiger partial charge in [0.05, 0.1) is 57.5 Å². The predicted molar refractivity (Wildman–Crippen MR) is 243 cm³/mol. The maximum absolute atomic E-state index is 13.6. The highest BCUT2D eigenvalue weighted by Gasteiger charge is 2.37. The van der Waals surface area contributed by atoms with Crippen LogP contribution in [-0.4, -0.2) is 115 Å². The fraction of sp³-hybridized carbons (Fsp3) is 0.455. The number of nitrogens with one attached hydrogen (secondary N) is 4. The summed E-state index contributed by atoms with van der Waals surface area (Å²) in [6.07, 6.45) is 7.99. The summed E-state index contributed by atoms with van der Waals surface area (Å²) < 4.78 is 11.5. The second-order valence-corrected chi connectivity index (χ2v) is 16.5. The normalized spacial score (nSPS) is 15.2. The number of likely N-dealkylation sites (tertiary alicyclic amines) is 2. The first-order valence-corrected chi connectivity index (χ1v) is 22.1. The number of thiophene rings is 2. The van der Waals surface area contributed by atoms with E-state index in [0.717, 1.165) is 57.4 Å². The molecule has 324 valence electrons. The van der Waals surface area contributed by atoms with E-state index in [9.17, 15) is 19.2 Å². The van der Waals surface area contributed by atoms with Crippen LogP contribution in [0, 0.1) is 5.92 Å². The molecule has 3 amide bonds. The topological polar surface area (TPSA) is 175 Å². The van der Waals surface area contributed by atoms with Gasteiger partial charge in [0.2, 0.25) is 12.3 Å². The molecule has 2 unspecified atom stereocenters. The number of methoxy groups -OCH3 is 2. The fourth-order valence-corrected chi connectivity index (χ4v) is 9.39. The summed E-state index contributed by atoms with van der Waals surface area (Å²) in [6, 6.07) is 11.6.